The predicted molar refractivity (Wildman–Crippen MR) is 119 cm³/mol. The number of rotatable bonds is 6. The first-order chi connectivity index (χ1) is 15.3. The molecular weight excluding hydrogens is 434 g/mol. The molecule has 1 fully saturated rings. The molecule has 0 unspecified atom stereocenters. The molecule has 0 atom stereocenters. The molecule has 3 aromatic rings. The van der Waals surface area contributed by atoms with Gasteiger partial charge in [-0.05, 0) is 41.1 Å². The number of nitro groups is 1. The average Bonchev–Trinajstić information content (AvgIpc) is 2.81. The SMILES string of the molecule is COc1ccc2ccc(O)c(CN3CCN(S(=O)(=O)c4ccc([N+](=O)[O-])cc4)CC3)c2c1. The number of hydrogen-bond acceptors (Lipinski definition) is 7. The Bertz CT molecular complexity index is 1250. The van der Waals surface area contributed by atoms with E-state index in [1.807, 2.05) is 24.3 Å². The molecule has 3 aromatic carbocycles. The molecule has 1 aliphatic rings. The summed E-state index contributed by atoms with van der Waals surface area (Å²) >= 11 is 0. The van der Waals surface area contributed by atoms with E-state index in [-0.39, 0.29) is 29.4 Å². The fourth-order valence-electron chi connectivity index (χ4n) is 3.88. The van der Waals surface area contributed by atoms with E-state index in [9.17, 15) is 23.6 Å². The van der Waals surface area contributed by atoms with E-state index >= 15 is 0 Å². The number of ether oxygens (including phenoxy) is 1. The van der Waals surface area contributed by atoms with Gasteiger partial charge < -0.3 is 9.84 Å². The van der Waals surface area contributed by atoms with Crippen LogP contribution in [0.1, 0.15) is 5.56 Å². The lowest BCUT2D eigenvalue weighted by atomic mass is 10.0. The smallest absolute Gasteiger partial charge is 0.269 e. The summed E-state index contributed by atoms with van der Waals surface area (Å²) in [6.07, 6.45) is 0. The maximum absolute atomic E-state index is 12.9. The molecule has 0 radical (unpaired) electrons. The maximum atomic E-state index is 12.9. The summed E-state index contributed by atoms with van der Waals surface area (Å²) in [6.45, 7) is 2.03. The topological polar surface area (TPSA) is 113 Å². The number of phenols is 1. The zero-order valence-electron chi connectivity index (χ0n) is 17.5. The molecule has 1 saturated heterocycles. The van der Waals surface area contributed by atoms with Crippen LogP contribution in [0, 0.1) is 10.1 Å². The van der Waals surface area contributed by atoms with E-state index in [4.69, 9.17) is 4.74 Å². The van der Waals surface area contributed by atoms with Crippen LogP contribution in [0.2, 0.25) is 0 Å². The molecule has 1 heterocycles. The van der Waals surface area contributed by atoms with Gasteiger partial charge in [0.05, 0.1) is 16.9 Å². The van der Waals surface area contributed by atoms with Gasteiger partial charge in [0.25, 0.3) is 5.69 Å². The number of non-ortho nitro benzene ring substituents is 1. The highest BCUT2D eigenvalue weighted by Gasteiger charge is 2.29. The third-order valence-electron chi connectivity index (χ3n) is 5.71. The standard InChI is InChI=1S/C22H23N3O6S/c1-31-18-6-2-16-3-9-22(26)21(20(16)14-18)15-23-10-12-24(13-11-23)32(29,30)19-7-4-17(5-8-19)25(27)28/h2-9,14,26H,10-13,15H2,1H3. The van der Waals surface area contributed by atoms with Crippen molar-refractivity contribution in [1.29, 1.82) is 0 Å². The highest BCUT2D eigenvalue weighted by Crippen LogP contribution is 2.31. The Morgan fingerprint density at radius 3 is 2.31 bits per heavy atom. The predicted octanol–water partition coefficient (Wildman–Crippen LogP) is 2.97. The van der Waals surface area contributed by atoms with Gasteiger partial charge in [-0.3, -0.25) is 15.0 Å². The molecule has 10 heteroatoms. The molecule has 0 saturated carbocycles. The second-order valence-corrected chi connectivity index (χ2v) is 9.52. The van der Waals surface area contributed by atoms with Gasteiger partial charge in [0.15, 0.2) is 0 Å². The molecule has 1 aliphatic heterocycles. The minimum atomic E-state index is -3.73. The average molecular weight is 458 g/mol. The Kier molecular flexibility index (Phi) is 6.00. The number of piperazine rings is 1. The molecule has 168 valence electrons. The summed E-state index contributed by atoms with van der Waals surface area (Å²) < 4.78 is 32.5. The van der Waals surface area contributed by atoms with Crippen LogP contribution >= 0.6 is 0 Å². The molecule has 0 aliphatic carbocycles. The lowest BCUT2D eigenvalue weighted by Crippen LogP contribution is -2.48. The van der Waals surface area contributed by atoms with Crippen molar-refractivity contribution in [3.8, 4) is 11.5 Å². The summed E-state index contributed by atoms with van der Waals surface area (Å²) in [5.74, 6) is 0.884. The Labute approximate surface area is 185 Å². The highest BCUT2D eigenvalue weighted by atomic mass is 32.2. The number of benzene rings is 3. The number of methoxy groups -OCH3 is 1. The van der Waals surface area contributed by atoms with Crippen LogP contribution < -0.4 is 4.74 Å². The number of nitro benzene ring substituents is 1. The van der Waals surface area contributed by atoms with Crippen molar-refractivity contribution >= 4 is 26.5 Å². The molecule has 1 N–H and O–H groups in total. The lowest BCUT2D eigenvalue weighted by Gasteiger charge is -2.34. The van der Waals surface area contributed by atoms with E-state index in [0.717, 1.165) is 16.3 Å². The Morgan fingerprint density at radius 1 is 1.03 bits per heavy atom. The van der Waals surface area contributed by atoms with Crippen molar-refractivity contribution in [2.24, 2.45) is 0 Å². The van der Waals surface area contributed by atoms with E-state index in [2.05, 4.69) is 4.90 Å². The van der Waals surface area contributed by atoms with Crippen molar-refractivity contribution in [2.45, 2.75) is 11.4 Å². The first-order valence-corrected chi connectivity index (χ1v) is 11.5. The Balaban J connectivity index is 1.48. The zero-order chi connectivity index (χ0) is 22.9. The third-order valence-corrected chi connectivity index (χ3v) is 7.63. The zero-order valence-corrected chi connectivity index (χ0v) is 18.3. The van der Waals surface area contributed by atoms with Gasteiger partial charge in [-0.1, -0.05) is 12.1 Å². The van der Waals surface area contributed by atoms with Crippen LogP contribution in [0.25, 0.3) is 10.8 Å². The van der Waals surface area contributed by atoms with Crippen LogP contribution in [0.5, 0.6) is 11.5 Å². The molecule has 0 bridgehead atoms. The van der Waals surface area contributed by atoms with E-state index < -0.39 is 14.9 Å². The third kappa shape index (κ3) is 4.24. The second-order valence-electron chi connectivity index (χ2n) is 7.58. The lowest BCUT2D eigenvalue weighted by molar-refractivity contribution is -0.384. The van der Waals surface area contributed by atoms with Gasteiger partial charge in [-0.15, -0.1) is 0 Å². The summed E-state index contributed by atoms with van der Waals surface area (Å²) in [5.41, 5.74) is 0.619. The van der Waals surface area contributed by atoms with Crippen molar-refractivity contribution in [2.75, 3.05) is 33.3 Å². The largest absolute Gasteiger partial charge is 0.508 e. The number of sulfonamides is 1. The van der Waals surface area contributed by atoms with E-state index in [1.54, 1.807) is 13.2 Å². The summed E-state index contributed by atoms with van der Waals surface area (Å²) in [7, 11) is -2.14. The minimum absolute atomic E-state index is 0.0374. The van der Waals surface area contributed by atoms with Gasteiger partial charge in [-0.2, -0.15) is 4.31 Å². The summed E-state index contributed by atoms with van der Waals surface area (Å²) in [5, 5.41) is 23.2. The maximum Gasteiger partial charge on any atom is 0.269 e. The number of nitrogens with zero attached hydrogens (tertiary/aromatic N) is 3. The van der Waals surface area contributed by atoms with Crippen molar-refractivity contribution in [1.82, 2.24) is 9.21 Å². The normalized spacial score (nSPS) is 15.7. The van der Waals surface area contributed by atoms with E-state index in [1.165, 1.54) is 28.6 Å². The van der Waals surface area contributed by atoms with Gasteiger partial charge in [-0.25, -0.2) is 8.42 Å². The van der Waals surface area contributed by atoms with Gasteiger partial charge in [0, 0.05) is 50.4 Å². The Morgan fingerprint density at radius 2 is 1.69 bits per heavy atom. The van der Waals surface area contributed by atoms with Gasteiger partial charge in [0.1, 0.15) is 11.5 Å². The molecule has 4 rings (SSSR count). The van der Waals surface area contributed by atoms with Crippen LogP contribution in [-0.4, -0.2) is 60.9 Å². The second kappa shape index (κ2) is 8.73. The minimum Gasteiger partial charge on any atom is -0.508 e. The molecule has 9 nitrogen and oxygen atoms in total. The van der Waals surface area contributed by atoms with Crippen molar-refractivity contribution in [3.05, 3.63) is 70.3 Å². The number of fused-ring (bicyclic) bond motifs is 1. The first-order valence-electron chi connectivity index (χ1n) is 10.0. The van der Waals surface area contributed by atoms with Crippen LogP contribution in [-0.2, 0) is 16.6 Å². The number of hydrogen-bond donors (Lipinski definition) is 1. The highest BCUT2D eigenvalue weighted by molar-refractivity contribution is 7.89. The Hall–Kier alpha value is -3.21. The fraction of sp³-hybridized carbons (Fsp3) is 0.273. The summed E-state index contributed by atoms with van der Waals surface area (Å²) in [6, 6.07) is 14.1. The first kappa shape index (κ1) is 22.0. The van der Waals surface area contributed by atoms with E-state index in [0.29, 0.717) is 25.4 Å². The van der Waals surface area contributed by atoms with Crippen molar-refractivity contribution in [3.63, 3.8) is 0 Å². The molecule has 0 amide bonds. The monoisotopic (exact) mass is 457 g/mol. The van der Waals surface area contributed by atoms with Crippen molar-refractivity contribution < 1.29 is 23.2 Å². The molecule has 0 spiro atoms. The van der Waals surface area contributed by atoms with Gasteiger partial charge in [0.2, 0.25) is 10.0 Å². The molecule has 0 aromatic heterocycles. The number of aromatic hydroxyl groups is 1. The van der Waals surface area contributed by atoms with Crippen LogP contribution in [0.15, 0.2) is 59.5 Å². The van der Waals surface area contributed by atoms with Crippen LogP contribution in [0.3, 0.4) is 0 Å². The van der Waals surface area contributed by atoms with Crippen LogP contribution in [0.4, 0.5) is 5.69 Å². The molecule has 32 heavy (non-hydrogen) atoms. The number of phenolic OH excluding ortho intramolecular Hbond substituents is 1. The summed E-state index contributed by atoms with van der Waals surface area (Å²) in [4.78, 5) is 12.4. The fourth-order valence-corrected chi connectivity index (χ4v) is 5.31. The quantitative estimate of drug-likeness (QED) is 0.447. The van der Waals surface area contributed by atoms with Gasteiger partial charge >= 0.3 is 0 Å². The molecular formula is C22H23N3O6S.